The van der Waals surface area contributed by atoms with Crippen LogP contribution in [0.2, 0.25) is 0 Å². The number of aliphatic hydroxyl groups excluding tert-OH is 1. The van der Waals surface area contributed by atoms with Gasteiger partial charge in [0.05, 0.1) is 0 Å². The predicted molar refractivity (Wildman–Crippen MR) is 58.5 cm³/mol. The average Bonchev–Trinajstić information content (AvgIpc) is 2.62. The molecule has 3 N–H and O–H groups in total. The van der Waals surface area contributed by atoms with Crippen molar-refractivity contribution in [3.8, 4) is 0 Å². The second-order valence-corrected chi connectivity index (χ2v) is 5.57. The van der Waals surface area contributed by atoms with Crippen molar-refractivity contribution in [2.75, 3.05) is 19.7 Å². The summed E-state index contributed by atoms with van der Waals surface area (Å²) in [4.78, 5) is 0. The number of hydrogen-bond acceptors (Lipinski definition) is 3. The molecule has 1 aliphatic carbocycles. The molecule has 0 saturated heterocycles. The largest absolute Gasteiger partial charge is 0.396 e. The van der Waals surface area contributed by atoms with Gasteiger partial charge in [0.2, 0.25) is 0 Å². The van der Waals surface area contributed by atoms with E-state index in [0.29, 0.717) is 13.1 Å². The van der Waals surface area contributed by atoms with E-state index in [0.717, 1.165) is 19.3 Å². The molecule has 2 unspecified atom stereocenters. The summed E-state index contributed by atoms with van der Waals surface area (Å²) in [5.41, 5.74) is 0. The van der Waals surface area contributed by atoms with Gasteiger partial charge in [0.25, 0.3) is 10.2 Å². The Morgan fingerprint density at radius 1 is 1.27 bits per heavy atom. The zero-order valence-corrected chi connectivity index (χ0v) is 9.89. The van der Waals surface area contributed by atoms with Gasteiger partial charge in [0.1, 0.15) is 0 Å². The first kappa shape index (κ1) is 12.9. The minimum atomic E-state index is -3.33. The van der Waals surface area contributed by atoms with Gasteiger partial charge in [-0.05, 0) is 24.7 Å². The quantitative estimate of drug-likeness (QED) is 0.599. The molecule has 0 spiro atoms. The molecule has 15 heavy (non-hydrogen) atoms. The lowest BCUT2D eigenvalue weighted by Gasteiger charge is -2.17. The molecule has 0 bridgehead atoms. The molecule has 0 aromatic carbocycles. The van der Waals surface area contributed by atoms with Crippen LogP contribution in [-0.4, -0.2) is 33.2 Å². The van der Waals surface area contributed by atoms with Crippen LogP contribution in [-0.2, 0) is 10.2 Å². The SMILES string of the molecule is CCNS(=O)(=O)NCC1CCCC1CO. The Balaban J connectivity index is 2.36. The van der Waals surface area contributed by atoms with Crippen LogP contribution in [0.5, 0.6) is 0 Å². The highest BCUT2D eigenvalue weighted by atomic mass is 32.2. The summed E-state index contributed by atoms with van der Waals surface area (Å²) in [7, 11) is -3.33. The molecule has 0 aromatic heterocycles. The zero-order valence-electron chi connectivity index (χ0n) is 9.07. The van der Waals surface area contributed by atoms with Gasteiger partial charge >= 0.3 is 0 Å². The normalized spacial score (nSPS) is 27.1. The molecular weight excluding hydrogens is 216 g/mol. The Labute approximate surface area is 91.4 Å². The highest BCUT2D eigenvalue weighted by molar-refractivity contribution is 7.87. The molecule has 1 rings (SSSR count). The van der Waals surface area contributed by atoms with Crippen molar-refractivity contribution in [1.29, 1.82) is 0 Å². The maximum Gasteiger partial charge on any atom is 0.276 e. The first-order valence-corrected chi connectivity index (χ1v) is 6.92. The van der Waals surface area contributed by atoms with E-state index in [2.05, 4.69) is 9.44 Å². The van der Waals surface area contributed by atoms with Gasteiger partial charge in [0.15, 0.2) is 0 Å². The Hall–Kier alpha value is -0.170. The Bertz CT molecular complexity index is 279. The predicted octanol–water partition coefficient (Wildman–Crippen LogP) is -0.161. The molecular formula is C9H20N2O3S. The fourth-order valence-corrected chi connectivity index (χ4v) is 3.00. The van der Waals surface area contributed by atoms with Crippen molar-refractivity contribution in [2.45, 2.75) is 26.2 Å². The maximum absolute atomic E-state index is 11.3. The summed E-state index contributed by atoms with van der Waals surface area (Å²) >= 11 is 0. The molecule has 90 valence electrons. The fraction of sp³-hybridized carbons (Fsp3) is 1.00. The highest BCUT2D eigenvalue weighted by Gasteiger charge is 2.27. The van der Waals surface area contributed by atoms with Crippen molar-refractivity contribution >= 4 is 10.2 Å². The lowest BCUT2D eigenvalue weighted by atomic mass is 9.97. The van der Waals surface area contributed by atoms with Crippen LogP contribution in [0.3, 0.4) is 0 Å². The first-order chi connectivity index (χ1) is 7.09. The van der Waals surface area contributed by atoms with Gasteiger partial charge in [0, 0.05) is 19.7 Å². The Morgan fingerprint density at radius 3 is 2.53 bits per heavy atom. The van der Waals surface area contributed by atoms with Gasteiger partial charge in [-0.25, -0.2) is 9.44 Å². The summed E-state index contributed by atoms with van der Waals surface area (Å²) in [6, 6.07) is 0. The molecule has 1 aliphatic rings. The Morgan fingerprint density at radius 2 is 1.93 bits per heavy atom. The number of aliphatic hydroxyl groups is 1. The molecule has 2 atom stereocenters. The molecule has 0 aromatic rings. The lowest BCUT2D eigenvalue weighted by Crippen LogP contribution is -2.39. The van der Waals surface area contributed by atoms with Crippen molar-refractivity contribution < 1.29 is 13.5 Å². The highest BCUT2D eigenvalue weighted by Crippen LogP contribution is 2.30. The zero-order chi connectivity index (χ0) is 11.3. The average molecular weight is 236 g/mol. The second-order valence-electron chi connectivity index (χ2n) is 3.98. The summed E-state index contributed by atoms with van der Waals surface area (Å²) in [6.07, 6.45) is 3.09. The molecule has 0 aliphatic heterocycles. The van der Waals surface area contributed by atoms with Gasteiger partial charge in [-0.1, -0.05) is 13.3 Å². The molecule has 0 radical (unpaired) electrons. The monoisotopic (exact) mass is 236 g/mol. The molecule has 0 heterocycles. The van der Waals surface area contributed by atoms with Gasteiger partial charge in [-0.15, -0.1) is 0 Å². The van der Waals surface area contributed by atoms with E-state index in [1.165, 1.54) is 0 Å². The van der Waals surface area contributed by atoms with Crippen molar-refractivity contribution in [2.24, 2.45) is 11.8 Å². The first-order valence-electron chi connectivity index (χ1n) is 5.44. The third-order valence-electron chi connectivity index (χ3n) is 2.92. The summed E-state index contributed by atoms with van der Waals surface area (Å²) < 4.78 is 27.5. The minimum absolute atomic E-state index is 0.160. The van der Waals surface area contributed by atoms with Gasteiger partial charge in [-0.2, -0.15) is 8.42 Å². The summed E-state index contributed by atoms with van der Waals surface area (Å²) in [5, 5.41) is 9.08. The van der Waals surface area contributed by atoms with Gasteiger partial charge in [-0.3, -0.25) is 0 Å². The smallest absolute Gasteiger partial charge is 0.276 e. The summed E-state index contributed by atoms with van der Waals surface area (Å²) in [6.45, 7) is 2.73. The molecule has 0 amide bonds. The van der Waals surface area contributed by atoms with E-state index in [9.17, 15) is 8.42 Å². The number of nitrogens with one attached hydrogen (secondary N) is 2. The van der Waals surface area contributed by atoms with E-state index in [1.807, 2.05) is 0 Å². The third kappa shape index (κ3) is 4.06. The van der Waals surface area contributed by atoms with Crippen LogP contribution < -0.4 is 9.44 Å². The third-order valence-corrected chi connectivity index (χ3v) is 4.14. The molecule has 6 heteroatoms. The van der Waals surface area contributed by atoms with E-state index < -0.39 is 10.2 Å². The molecule has 1 fully saturated rings. The minimum Gasteiger partial charge on any atom is -0.396 e. The van der Waals surface area contributed by atoms with Gasteiger partial charge < -0.3 is 5.11 Å². The van der Waals surface area contributed by atoms with Crippen LogP contribution in [0.4, 0.5) is 0 Å². The van der Waals surface area contributed by atoms with E-state index in [1.54, 1.807) is 6.92 Å². The maximum atomic E-state index is 11.3. The van der Waals surface area contributed by atoms with Crippen LogP contribution >= 0.6 is 0 Å². The number of hydrogen-bond donors (Lipinski definition) is 3. The Kier molecular flexibility index (Phi) is 4.98. The fourth-order valence-electron chi connectivity index (χ4n) is 2.08. The van der Waals surface area contributed by atoms with Crippen molar-refractivity contribution in [3.63, 3.8) is 0 Å². The van der Waals surface area contributed by atoms with E-state index in [-0.39, 0.29) is 18.4 Å². The van der Waals surface area contributed by atoms with Crippen molar-refractivity contribution in [1.82, 2.24) is 9.44 Å². The van der Waals surface area contributed by atoms with E-state index >= 15 is 0 Å². The molecule has 1 saturated carbocycles. The van der Waals surface area contributed by atoms with Crippen LogP contribution in [0, 0.1) is 11.8 Å². The summed E-state index contributed by atoms with van der Waals surface area (Å²) in [5.74, 6) is 0.540. The van der Waals surface area contributed by atoms with Crippen LogP contribution in [0.1, 0.15) is 26.2 Å². The van der Waals surface area contributed by atoms with Crippen LogP contribution in [0.15, 0.2) is 0 Å². The van der Waals surface area contributed by atoms with Crippen molar-refractivity contribution in [3.05, 3.63) is 0 Å². The topological polar surface area (TPSA) is 78.4 Å². The van der Waals surface area contributed by atoms with Crippen LogP contribution in [0.25, 0.3) is 0 Å². The second kappa shape index (κ2) is 5.79. The number of rotatable bonds is 6. The standard InChI is InChI=1S/C9H20N2O3S/c1-2-10-15(13,14)11-6-8-4-3-5-9(8)7-12/h8-12H,2-7H2,1H3. The lowest BCUT2D eigenvalue weighted by molar-refractivity contribution is 0.195. The molecule has 5 nitrogen and oxygen atoms in total. The van der Waals surface area contributed by atoms with E-state index in [4.69, 9.17) is 5.11 Å².